The molecule has 0 aromatic heterocycles. The molecule has 1 N–H and O–H groups in total. The molecule has 2 amide bonds. The zero-order valence-corrected chi connectivity index (χ0v) is 24.4. The van der Waals surface area contributed by atoms with E-state index in [2.05, 4.69) is 5.32 Å². The van der Waals surface area contributed by atoms with E-state index >= 15 is 0 Å². The summed E-state index contributed by atoms with van der Waals surface area (Å²) in [5.41, 5.74) is 3.34. The lowest BCUT2D eigenvalue weighted by atomic mass is 9.95. The van der Waals surface area contributed by atoms with E-state index < -0.39 is 16.1 Å². The second kappa shape index (κ2) is 13.5. The average Bonchev–Trinajstić information content (AvgIpc) is 2.86. The summed E-state index contributed by atoms with van der Waals surface area (Å²) < 4.78 is 26.6. The molecule has 0 aliphatic heterocycles. The molecule has 0 spiro atoms. The van der Waals surface area contributed by atoms with Crippen LogP contribution in [0.2, 0.25) is 5.02 Å². The van der Waals surface area contributed by atoms with Gasteiger partial charge in [0.15, 0.2) is 0 Å². The van der Waals surface area contributed by atoms with Gasteiger partial charge in [-0.15, -0.1) is 0 Å². The normalized spacial score (nSPS) is 15.1. The maximum atomic E-state index is 13.5. The average molecular weight is 562 g/mol. The van der Waals surface area contributed by atoms with Gasteiger partial charge in [0.1, 0.15) is 6.04 Å². The number of nitrogens with zero attached hydrogens (tertiary/aromatic N) is 2. The molecular weight excluding hydrogens is 522 g/mol. The summed E-state index contributed by atoms with van der Waals surface area (Å²) in [5, 5.41) is 3.69. The molecule has 7 nitrogen and oxygen atoms in total. The third-order valence-corrected chi connectivity index (χ3v) is 8.77. The van der Waals surface area contributed by atoms with Crippen molar-refractivity contribution in [1.29, 1.82) is 0 Å². The van der Waals surface area contributed by atoms with Gasteiger partial charge in [-0.05, 0) is 74.9 Å². The van der Waals surface area contributed by atoms with Gasteiger partial charge in [-0.2, -0.15) is 0 Å². The standard InChI is InChI=1S/C29H40ClN3O4S/c1-21-11-8-16-27(22(21)2)33(38(4,36)37)18-10-17-28(34)32(20-24-12-9-13-25(30)19-24)23(3)29(35)31-26-14-6-5-7-15-26/h8-9,11-13,16,19,23,26H,5-7,10,14-15,17-18,20H2,1-4H3,(H,31,35)/t23-/m1/s1. The largest absolute Gasteiger partial charge is 0.352 e. The van der Waals surface area contributed by atoms with Gasteiger partial charge < -0.3 is 10.2 Å². The first-order valence-electron chi connectivity index (χ1n) is 13.4. The maximum absolute atomic E-state index is 13.5. The summed E-state index contributed by atoms with van der Waals surface area (Å²) in [6.45, 7) is 6.00. The Kier molecular flexibility index (Phi) is 10.6. The highest BCUT2D eigenvalue weighted by Gasteiger charge is 2.28. The van der Waals surface area contributed by atoms with Crippen molar-refractivity contribution in [3.63, 3.8) is 0 Å². The van der Waals surface area contributed by atoms with Crippen molar-refractivity contribution in [3.8, 4) is 0 Å². The highest BCUT2D eigenvalue weighted by molar-refractivity contribution is 7.92. The second-order valence-electron chi connectivity index (χ2n) is 10.3. The third-order valence-electron chi connectivity index (χ3n) is 7.36. The molecule has 0 heterocycles. The smallest absolute Gasteiger partial charge is 0.242 e. The predicted octanol–water partition coefficient (Wildman–Crippen LogP) is 5.37. The van der Waals surface area contributed by atoms with E-state index in [0.29, 0.717) is 17.1 Å². The summed E-state index contributed by atoms with van der Waals surface area (Å²) in [5.74, 6) is -0.369. The van der Waals surface area contributed by atoms with E-state index in [-0.39, 0.29) is 37.4 Å². The molecule has 0 radical (unpaired) electrons. The number of hydrogen-bond donors (Lipinski definition) is 1. The fourth-order valence-electron chi connectivity index (χ4n) is 4.97. The molecule has 38 heavy (non-hydrogen) atoms. The van der Waals surface area contributed by atoms with Crippen molar-refractivity contribution in [3.05, 3.63) is 64.2 Å². The predicted molar refractivity (Wildman–Crippen MR) is 154 cm³/mol. The van der Waals surface area contributed by atoms with Crippen molar-refractivity contribution in [1.82, 2.24) is 10.2 Å². The molecule has 208 valence electrons. The summed E-state index contributed by atoms with van der Waals surface area (Å²) in [6, 6.07) is 12.3. The van der Waals surface area contributed by atoms with E-state index in [9.17, 15) is 18.0 Å². The SMILES string of the molecule is Cc1cccc(N(CCCC(=O)N(Cc2cccc(Cl)c2)[C@H](C)C(=O)NC2CCCCC2)S(C)(=O)=O)c1C. The molecule has 1 atom stereocenters. The third kappa shape index (κ3) is 8.21. The van der Waals surface area contributed by atoms with Crippen molar-refractivity contribution >= 4 is 39.1 Å². The Morgan fingerprint density at radius 2 is 1.76 bits per heavy atom. The number of rotatable bonds is 11. The Labute approximate surface area is 232 Å². The molecule has 0 unspecified atom stereocenters. The van der Waals surface area contributed by atoms with Crippen LogP contribution < -0.4 is 9.62 Å². The number of amides is 2. The second-order valence-corrected chi connectivity index (χ2v) is 12.7. The Bertz CT molecular complexity index is 1230. The molecular formula is C29H40ClN3O4S. The van der Waals surface area contributed by atoms with Crippen molar-refractivity contribution in [2.24, 2.45) is 0 Å². The van der Waals surface area contributed by atoms with Gasteiger partial charge in [0.25, 0.3) is 0 Å². The summed E-state index contributed by atoms with van der Waals surface area (Å²) >= 11 is 6.18. The Morgan fingerprint density at radius 1 is 1.08 bits per heavy atom. The van der Waals surface area contributed by atoms with Crippen LogP contribution in [-0.4, -0.2) is 50.0 Å². The van der Waals surface area contributed by atoms with Crippen molar-refractivity contribution in [2.75, 3.05) is 17.1 Å². The first-order valence-corrected chi connectivity index (χ1v) is 15.6. The highest BCUT2D eigenvalue weighted by Crippen LogP contribution is 2.26. The first kappa shape index (κ1) is 30.0. The molecule has 1 saturated carbocycles. The monoisotopic (exact) mass is 561 g/mol. The van der Waals surface area contributed by atoms with Gasteiger partial charge in [-0.25, -0.2) is 8.42 Å². The summed E-state index contributed by atoms with van der Waals surface area (Å²) in [7, 11) is -3.55. The Balaban J connectivity index is 1.74. The molecule has 0 saturated heterocycles. The van der Waals surface area contributed by atoms with E-state index in [0.717, 1.165) is 42.4 Å². The van der Waals surface area contributed by atoms with Gasteiger partial charge in [0, 0.05) is 30.6 Å². The van der Waals surface area contributed by atoms with Gasteiger partial charge in [0.05, 0.1) is 11.9 Å². The fourth-order valence-corrected chi connectivity index (χ4v) is 6.20. The van der Waals surface area contributed by atoms with Gasteiger partial charge in [-0.1, -0.05) is 55.1 Å². The van der Waals surface area contributed by atoms with Crippen LogP contribution in [0.5, 0.6) is 0 Å². The van der Waals surface area contributed by atoms with Crippen LogP contribution in [-0.2, 0) is 26.2 Å². The minimum absolute atomic E-state index is 0.110. The molecule has 2 aromatic rings. The van der Waals surface area contributed by atoms with Crippen LogP contribution in [0.25, 0.3) is 0 Å². The van der Waals surface area contributed by atoms with Crippen LogP contribution >= 0.6 is 11.6 Å². The number of benzene rings is 2. The first-order chi connectivity index (χ1) is 18.0. The Hall–Kier alpha value is -2.58. The number of halogens is 1. The van der Waals surface area contributed by atoms with Gasteiger partial charge in [-0.3, -0.25) is 13.9 Å². The maximum Gasteiger partial charge on any atom is 0.242 e. The van der Waals surface area contributed by atoms with Crippen LogP contribution in [0, 0.1) is 13.8 Å². The lowest BCUT2D eigenvalue weighted by Crippen LogP contribution is -2.50. The number of nitrogens with one attached hydrogen (secondary N) is 1. The molecule has 9 heteroatoms. The summed E-state index contributed by atoms with van der Waals surface area (Å²) in [4.78, 5) is 28.2. The fraction of sp³-hybridized carbons (Fsp3) is 0.517. The minimum atomic E-state index is -3.55. The Morgan fingerprint density at radius 3 is 2.42 bits per heavy atom. The van der Waals surface area contributed by atoms with Gasteiger partial charge in [0.2, 0.25) is 21.8 Å². The van der Waals surface area contributed by atoms with Gasteiger partial charge >= 0.3 is 0 Å². The summed E-state index contributed by atoms with van der Waals surface area (Å²) in [6.07, 6.45) is 6.92. The number of sulfonamides is 1. The number of anilines is 1. The van der Waals surface area contributed by atoms with Crippen LogP contribution in [0.1, 0.15) is 68.6 Å². The zero-order chi connectivity index (χ0) is 27.9. The molecule has 1 aliphatic carbocycles. The molecule has 2 aromatic carbocycles. The lowest BCUT2D eigenvalue weighted by molar-refractivity contribution is -0.141. The van der Waals surface area contributed by atoms with Crippen LogP contribution in [0.4, 0.5) is 5.69 Å². The zero-order valence-electron chi connectivity index (χ0n) is 22.9. The number of hydrogen-bond acceptors (Lipinski definition) is 4. The molecule has 3 rings (SSSR count). The van der Waals surface area contributed by atoms with Crippen LogP contribution in [0.3, 0.4) is 0 Å². The molecule has 0 bridgehead atoms. The quantitative estimate of drug-likeness (QED) is 0.399. The van der Waals surface area contributed by atoms with Crippen molar-refractivity contribution < 1.29 is 18.0 Å². The number of carbonyl (C=O) groups excluding carboxylic acids is 2. The topological polar surface area (TPSA) is 86.8 Å². The number of aryl methyl sites for hydroxylation is 1. The number of carbonyl (C=O) groups is 2. The minimum Gasteiger partial charge on any atom is -0.352 e. The van der Waals surface area contributed by atoms with E-state index in [1.54, 1.807) is 30.0 Å². The van der Waals surface area contributed by atoms with E-state index in [4.69, 9.17) is 11.6 Å². The lowest BCUT2D eigenvalue weighted by Gasteiger charge is -2.31. The molecule has 1 fully saturated rings. The van der Waals surface area contributed by atoms with Crippen LogP contribution in [0.15, 0.2) is 42.5 Å². The van der Waals surface area contributed by atoms with E-state index in [1.165, 1.54) is 17.0 Å². The highest BCUT2D eigenvalue weighted by atomic mass is 35.5. The van der Waals surface area contributed by atoms with E-state index in [1.807, 2.05) is 38.1 Å². The molecule has 1 aliphatic rings. The van der Waals surface area contributed by atoms with Crippen molar-refractivity contribution in [2.45, 2.75) is 84.3 Å².